The van der Waals surface area contributed by atoms with Crippen LogP contribution in [0.15, 0.2) is 53.5 Å². The quantitative estimate of drug-likeness (QED) is 0.606. The van der Waals surface area contributed by atoms with Gasteiger partial charge in [-0.1, -0.05) is 24.3 Å². The first-order valence-electron chi connectivity index (χ1n) is 9.21. The van der Waals surface area contributed by atoms with Crippen LogP contribution in [0.25, 0.3) is 0 Å². The van der Waals surface area contributed by atoms with Crippen molar-refractivity contribution < 1.29 is 9.47 Å². The number of benzene rings is 2. The zero-order valence-electron chi connectivity index (χ0n) is 16.2. The van der Waals surface area contributed by atoms with E-state index in [-0.39, 0.29) is 0 Å². The maximum absolute atomic E-state index is 5.49. The molecule has 2 aromatic rings. The van der Waals surface area contributed by atoms with E-state index in [2.05, 4.69) is 32.7 Å². The van der Waals surface area contributed by atoms with Crippen LogP contribution in [0.1, 0.15) is 12.0 Å². The van der Waals surface area contributed by atoms with Crippen molar-refractivity contribution >= 4 is 11.6 Å². The Balaban J connectivity index is 1.54. The van der Waals surface area contributed by atoms with E-state index in [1.54, 1.807) is 21.3 Å². The van der Waals surface area contributed by atoms with E-state index in [0.29, 0.717) is 12.6 Å². The van der Waals surface area contributed by atoms with Gasteiger partial charge >= 0.3 is 0 Å². The third-order valence-electron chi connectivity index (χ3n) is 4.77. The maximum atomic E-state index is 5.49. The van der Waals surface area contributed by atoms with Gasteiger partial charge in [-0.05, 0) is 36.2 Å². The number of ether oxygens (including phenoxy) is 2. The van der Waals surface area contributed by atoms with Crippen LogP contribution in [0.3, 0.4) is 0 Å². The van der Waals surface area contributed by atoms with E-state index in [0.717, 1.165) is 48.2 Å². The third-order valence-corrected chi connectivity index (χ3v) is 4.77. The summed E-state index contributed by atoms with van der Waals surface area (Å²) in [7, 11) is 5.20. The molecule has 0 bridgehead atoms. The highest BCUT2D eigenvalue weighted by Gasteiger charge is 2.25. The molecule has 2 N–H and O–H groups in total. The molecule has 1 fully saturated rings. The summed E-state index contributed by atoms with van der Waals surface area (Å²) in [5, 5.41) is 6.91. The number of nitrogens with zero attached hydrogens (tertiary/aromatic N) is 2. The highest BCUT2D eigenvalue weighted by atomic mass is 16.5. The highest BCUT2D eigenvalue weighted by Crippen LogP contribution is 2.30. The topological polar surface area (TPSA) is 58.1 Å². The lowest BCUT2D eigenvalue weighted by Crippen LogP contribution is -2.44. The SMILES string of the molecule is CN=C(NCc1cccc(OC)c1)NC1CCN(c2ccccc2OC)C1. The molecule has 1 aliphatic rings. The maximum Gasteiger partial charge on any atom is 0.191 e. The standard InChI is InChI=1S/C21H28N4O2/c1-22-21(23-14-16-7-6-8-18(13-16)26-2)24-17-11-12-25(15-17)19-9-4-5-10-20(19)27-3/h4-10,13,17H,11-12,14-15H2,1-3H3,(H2,22,23,24). The van der Waals surface area contributed by atoms with Gasteiger partial charge in [-0.2, -0.15) is 0 Å². The van der Waals surface area contributed by atoms with Crippen molar-refractivity contribution in [1.29, 1.82) is 0 Å². The Labute approximate surface area is 161 Å². The van der Waals surface area contributed by atoms with Crippen molar-refractivity contribution in [2.45, 2.75) is 19.0 Å². The number of hydrogen-bond acceptors (Lipinski definition) is 4. The predicted octanol–water partition coefficient (Wildman–Crippen LogP) is 2.65. The molecule has 0 aliphatic carbocycles. The smallest absolute Gasteiger partial charge is 0.191 e. The first-order valence-corrected chi connectivity index (χ1v) is 9.21. The van der Waals surface area contributed by atoms with Gasteiger partial charge in [0.2, 0.25) is 0 Å². The number of methoxy groups -OCH3 is 2. The molecule has 3 rings (SSSR count). The first-order chi connectivity index (χ1) is 13.2. The molecule has 27 heavy (non-hydrogen) atoms. The van der Waals surface area contributed by atoms with E-state index in [1.165, 1.54) is 0 Å². The summed E-state index contributed by atoms with van der Waals surface area (Å²) in [4.78, 5) is 6.71. The molecule has 0 radical (unpaired) electrons. The number of guanidine groups is 1. The van der Waals surface area contributed by atoms with Gasteiger partial charge in [-0.25, -0.2) is 0 Å². The molecule has 6 heteroatoms. The Morgan fingerprint density at radius 1 is 1.15 bits per heavy atom. The van der Waals surface area contributed by atoms with Crippen LogP contribution in [0, 0.1) is 0 Å². The molecule has 1 unspecified atom stereocenters. The van der Waals surface area contributed by atoms with Gasteiger partial charge in [0.1, 0.15) is 11.5 Å². The molecule has 144 valence electrons. The fourth-order valence-electron chi connectivity index (χ4n) is 3.34. The van der Waals surface area contributed by atoms with Crippen LogP contribution in [0.4, 0.5) is 5.69 Å². The van der Waals surface area contributed by atoms with Crippen molar-refractivity contribution in [3.05, 3.63) is 54.1 Å². The lowest BCUT2D eigenvalue weighted by atomic mass is 10.2. The Kier molecular flexibility index (Phi) is 6.41. The number of hydrogen-bond donors (Lipinski definition) is 2. The number of aliphatic imine (C=N–C) groups is 1. The number of anilines is 1. The van der Waals surface area contributed by atoms with E-state index < -0.39 is 0 Å². The fourth-order valence-corrected chi connectivity index (χ4v) is 3.34. The summed E-state index contributed by atoms with van der Waals surface area (Å²) in [5.74, 6) is 2.59. The molecule has 1 saturated heterocycles. The minimum Gasteiger partial charge on any atom is -0.497 e. The zero-order valence-corrected chi connectivity index (χ0v) is 16.2. The molecule has 1 atom stereocenters. The van der Waals surface area contributed by atoms with Gasteiger partial charge in [0.15, 0.2) is 5.96 Å². The van der Waals surface area contributed by atoms with Gasteiger partial charge in [0.25, 0.3) is 0 Å². The van der Waals surface area contributed by atoms with Crippen LogP contribution in [0.5, 0.6) is 11.5 Å². The Morgan fingerprint density at radius 3 is 2.78 bits per heavy atom. The Morgan fingerprint density at radius 2 is 2.00 bits per heavy atom. The lowest BCUT2D eigenvalue weighted by molar-refractivity contribution is 0.414. The minimum absolute atomic E-state index is 0.339. The summed E-state index contributed by atoms with van der Waals surface area (Å²) in [5.41, 5.74) is 2.29. The van der Waals surface area contributed by atoms with E-state index >= 15 is 0 Å². The molecule has 0 saturated carbocycles. The van der Waals surface area contributed by atoms with E-state index in [1.807, 2.05) is 36.4 Å². The third kappa shape index (κ3) is 4.84. The number of nitrogens with one attached hydrogen (secondary N) is 2. The Bertz CT molecular complexity index is 778. The average Bonchev–Trinajstić information content (AvgIpc) is 3.19. The average molecular weight is 368 g/mol. The number of rotatable bonds is 6. The summed E-state index contributed by atoms with van der Waals surface area (Å²) in [6.07, 6.45) is 1.05. The number of para-hydroxylation sites is 2. The minimum atomic E-state index is 0.339. The summed E-state index contributed by atoms with van der Waals surface area (Å²) < 4.78 is 10.8. The Hall–Kier alpha value is -2.89. The summed E-state index contributed by atoms with van der Waals surface area (Å²) >= 11 is 0. The van der Waals surface area contributed by atoms with Crippen LogP contribution in [-0.4, -0.2) is 46.4 Å². The van der Waals surface area contributed by atoms with Crippen LogP contribution in [-0.2, 0) is 6.54 Å². The highest BCUT2D eigenvalue weighted by molar-refractivity contribution is 5.80. The van der Waals surface area contributed by atoms with Crippen LogP contribution in [0.2, 0.25) is 0 Å². The molecule has 0 spiro atoms. The lowest BCUT2D eigenvalue weighted by Gasteiger charge is -2.22. The second kappa shape index (κ2) is 9.16. The first kappa shape index (κ1) is 18.9. The second-order valence-corrected chi connectivity index (χ2v) is 6.53. The van der Waals surface area contributed by atoms with Crippen molar-refractivity contribution in [2.24, 2.45) is 4.99 Å². The molecule has 0 amide bonds. The monoisotopic (exact) mass is 368 g/mol. The van der Waals surface area contributed by atoms with E-state index in [4.69, 9.17) is 9.47 Å². The van der Waals surface area contributed by atoms with Gasteiger partial charge in [0, 0.05) is 32.7 Å². The largest absolute Gasteiger partial charge is 0.497 e. The summed E-state index contributed by atoms with van der Waals surface area (Å²) in [6, 6.07) is 16.5. The fraction of sp³-hybridized carbons (Fsp3) is 0.381. The molecular formula is C21H28N4O2. The molecule has 1 heterocycles. The van der Waals surface area contributed by atoms with E-state index in [9.17, 15) is 0 Å². The van der Waals surface area contributed by atoms with Crippen LogP contribution < -0.4 is 25.0 Å². The second-order valence-electron chi connectivity index (χ2n) is 6.53. The summed E-state index contributed by atoms with van der Waals surface area (Å²) in [6.45, 7) is 2.60. The molecule has 2 aromatic carbocycles. The predicted molar refractivity (Wildman–Crippen MR) is 110 cm³/mol. The van der Waals surface area contributed by atoms with Crippen molar-refractivity contribution in [3.8, 4) is 11.5 Å². The molecule has 6 nitrogen and oxygen atoms in total. The molecular weight excluding hydrogens is 340 g/mol. The van der Waals surface area contributed by atoms with Gasteiger partial charge in [-0.3, -0.25) is 4.99 Å². The van der Waals surface area contributed by atoms with Crippen molar-refractivity contribution in [3.63, 3.8) is 0 Å². The molecule has 0 aromatic heterocycles. The van der Waals surface area contributed by atoms with Crippen molar-refractivity contribution in [2.75, 3.05) is 39.3 Å². The zero-order chi connectivity index (χ0) is 19.1. The van der Waals surface area contributed by atoms with Crippen molar-refractivity contribution in [1.82, 2.24) is 10.6 Å². The van der Waals surface area contributed by atoms with Gasteiger partial charge in [-0.15, -0.1) is 0 Å². The van der Waals surface area contributed by atoms with Crippen LogP contribution >= 0.6 is 0 Å². The normalized spacial score (nSPS) is 16.9. The van der Waals surface area contributed by atoms with Gasteiger partial charge in [0.05, 0.1) is 19.9 Å². The van der Waals surface area contributed by atoms with Gasteiger partial charge < -0.3 is 25.0 Å². The molecule has 1 aliphatic heterocycles.